The Balaban J connectivity index is 1.79. The third-order valence-electron chi connectivity index (χ3n) is 4.29. The molecule has 3 fully saturated rings. The van der Waals surface area contributed by atoms with Crippen molar-refractivity contribution < 1.29 is 9.90 Å². The van der Waals surface area contributed by atoms with E-state index in [1.165, 1.54) is 19.3 Å². The molecule has 3 rings (SSSR count). The summed E-state index contributed by atoms with van der Waals surface area (Å²) in [7, 11) is 0. The lowest BCUT2D eigenvalue weighted by atomic mass is 9.85. The number of rotatable bonds is 1. The monoisotopic (exact) mass is 181 g/mol. The smallest absolute Gasteiger partial charge is 0.320 e. The third-order valence-corrected chi connectivity index (χ3v) is 4.29. The van der Waals surface area contributed by atoms with E-state index in [2.05, 4.69) is 5.32 Å². The molecular formula is C10H15NO2. The lowest BCUT2D eigenvalue weighted by Gasteiger charge is -2.23. The Morgan fingerprint density at radius 2 is 2.00 bits per heavy atom. The van der Waals surface area contributed by atoms with Crippen LogP contribution >= 0.6 is 0 Å². The Bertz CT molecular complexity index is 235. The summed E-state index contributed by atoms with van der Waals surface area (Å²) in [5, 5.41) is 12.2. The van der Waals surface area contributed by atoms with Crippen LogP contribution in [0.1, 0.15) is 25.7 Å². The van der Waals surface area contributed by atoms with Crippen molar-refractivity contribution in [3.8, 4) is 0 Å². The molecule has 0 aromatic rings. The summed E-state index contributed by atoms with van der Waals surface area (Å²) < 4.78 is 0. The third kappa shape index (κ3) is 0.966. The van der Waals surface area contributed by atoms with Gasteiger partial charge in [-0.25, -0.2) is 0 Å². The van der Waals surface area contributed by atoms with Gasteiger partial charge in [-0.15, -0.1) is 0 Å². The quantitative estimate of drug-likeness (QED) is 0.630. The van der Waals surface area contributed by atoms with E-state index in [1.807, 2.05) is 0 Å². The van der Waals surface area contributed by atoms with Gasteiger partial charge in [-0.1, -0.05) is 0 Å². The molecule has 0 unspecified atom stereocenters. The van der Waals surface area contributed by atoms with Crippen LogP contribution in [0.5, 0.6) is 0 Å². The molecule has 1 saturated heterocycles. The van der Waals surface area contributed by atoms with Crippen LogP contribution in [-0.2, 0) is 4.79 Å². The summed E-state index contributed by atoms with van der Waals surface area (Å²) in [4.78, 5) is 10.8. The molecule has 0 radical (unpaired) electrons. The van der Waals surface area contributed by atoms with Gasteiger partial charge in [0.05, 0.1) is 0 Å². The van der Waals surface area contributed by atoms with Gasteiger partial charge in [0.15, 0.2) is 0 Å². The number of nitrogens with one attached hydrogen (secondary N) is 1. The first-order chi connectivity index (χ1) is 6.25. The number of hydrogen-bond acceptors (Lipinski definition) is 2. The van der Waals surface area contributed by atoms with Crippen molar-refractivity contribution in [1.82, 2.24) is 5.32 Å². The van der Waals surface area contributed by atoms with Crippen LogP contribution in [0.15, 0.2) is 0 Å². The van der Waals surface area contributed by atoms with Crippen LogP contribution in [0.2, 0.25) is 0 Å². The fourth-order valence-corrected chi connectivity index (χ4v) is 3.75. The molecular weight excluding hydrogens is 166 g/mol. The van der Waals surface area contributed by atoms with Crippen molar-refractivity contribution >= 4 is 5.97 Å². The molecule has 72 valence electrons. The Morgan fingerprint density at radius 3 is 2.69 bits per heavy atom. The largest absolute Gasteiger partial charge is 0.480 e. The fourth-order valence-electron chi connectivity index (χ4n) is 3.75. The topological polar surface area (TPSA) is 49.3 Å². The predicted molar refractivity (Wildman–Crippen MR) is 47.3 cm³/mol. The first kappa shape index (κ1) is 7.80. The molecule has 3 aliphatic rings. The maximum Gasteiger partial charge on any atom is 0.320 e. The van der Waals surface area contributed by atoms with Gasteiger partial charge in [-0.2, -0.15) is 0 Å². The summed E-state index contributed by atoms with van der Waals surface area (Å²) >= 11 is 0. The van der Waals surface area contributed by atoms with E-state index in [0.29, 0.717) is 12.0 Å². The van der Waals surface area contributed by atoms with Crippen LogP contribution in [0.4, 0.5) is 0 Å². The van der Waals surface area contributed by atoms with Gasteiger partial charge in [0, 0.05) is 6.04 Å². The van der Waals surface area contributed by atoms with Crippen molar-refractivity contribution in [3.63, 3.8) is 0 Å². The maximum absolute atomic E-state index is 10.8. The summed E-state index contributed by atoms with van der Waals surface area (Å²) in [5.74, 6) is 1.65. The molecule has 0 amide bonds. The lowest BCUT2D eigenvalue weighted by Crippen LogP contribution is -2.39. The zero-order chi connectivity index (χ0) is 9.00. The first-order valence-corrected chi connectivity index (χ1v) is 5.24. The minimum Gasteiger partial charge on any atom is -0.480 e. The standard InChI is InChI=1S/C10H15NO2/c12-10(13)8-4-7-5-1-2-6(3-5)9(7)11-8/h5-9,11H,1-4H2,(H,12,13)/t5-,6+,7+,8+,9-/m1/s1. The molecule has 2 saturated carbocycles. The molecule has 1 aliphatic heterocycles. The van der Waals surface area contributed by atoms with Crippen molar-refractivity contribution in [1.29, 1.82) is 0 Å². The van der Waals surface area contributed by atoms with Crippen LogP contribution in [0.3, 0.4) is 0 Å². The normalized spacial score (nSPS) is 52.5. The second-order valence-corrected chi connectivity index (χ2v) is 4.82. The molecule has 3 nitrogen and oxygen atoms in total. The molecule has 2 N–H and O–H groups in total. The Kier molecular flexibility index (Phi) is 1.48. The molecule has 13 heavy (non-hydrogen) atoms. The van der Waals surface area contributed by atoms with Crippen LogP contribution in [-0.4, -0.2) is 23.2 Å². The number of carbonyl (C=O) groups is 1. The molecule has 0 spiro atoms. The minimum absolute atomic E-state index is 0.251. The van der Waals surface area contributed by atoms with Gasteiger partial charge >= 0.3 is 5.97 Å². The zero-order valence-corrected chi connectivity index (χ0v) is 7.57. The predicted octanol–water partition coefficient (Wildman–Crippen LogP) is 0.848. The highest BCUT2D eigenvalue weighted by atomic mass is 16.4. The SMILES string of the molecule is O=C(O)[C@@H]1C[C@H]2[C@@H]3CC[C@@H](C3)[C@H]2N1. The molecule has 2 aliphatic carbocycles. The summed E-state index contributed by atoms with van der Waals surface area (Å²) in [5.41, 5.74) is 0. The highest BCUT2D eigenvalue weighted by molar-refractivity contribution is 5.74. The summed E-state index contributed by atoms with van der Waals surface area (Å²) in [6.07, 6.45) is 4.90. The first-order valence-electron chi connectivity index (χ1n) is 5.24. The maximum atomic E-state index is 10.8. The molecule has 5 atom stereocenters. The second-order valence-electron chi connectivity index (χ2n) is 4.82. The van der Waals surface area contributed by atoms with Crippen molar-refractivity contribution in [2.24, 2.45) is 17.8 Å². The average Bonchev–Trinajstić information content (AvgIpc) is 2.76. The highest BCUT2D eigenvalue weighted by Gasteiger charge is 2.53. The van der Waals surface area contributed by atoms with Crippen molar-refractivity contribution in [2.45, 2.75) is 37.8 Å². The Morgan fingerprint density at radius 1 is 1.23 bits per heavy atom. The average molecular weight is 181 g/mol. The molecule has 3 heteroatoms. The Labute approximate surface area is 77.5 Å². The number of carboxylic acid groups (broad SMARTS) is 1. The van der Waals surface area contributed by atoms with E-state index in [4.69, 9.17) is 5.11 Å². The molecule has 0 aromatic carbocycles. The van der Waals surface area contributed by atoms with Gasteiger partial charge in [-0.3, -0.25) is 4.79 Å². The van der Waals surface area contributed by atoms with Gasteiger partial charge in [0.2, 0.25) is 0 Å². The number of fused-ring (bicyclic) bond motifs is 5. The molecule has 0 aromatic heterocycles. The van der Waals surface area contributed by atoms with E-state index in [1.54, 1.807) is 0 Å². The van der Waals surface area contributed by atoms with Gasteiger partial charge in [0.25, 0.3) is 0 Å². The van der Waals surface area contributed by atoms with Gasteiger partial charge < -0.3 is 10.4 Å². The summed E-state index contributed by atoms with van der Waals surface area (Å²) in [6.45, 7) is 0. The minimum atomic E-state index is -0.659. The number of hydrogen-bond donors (Lipinski definition) is 2. The van der Waals surface area contributed by atoms with E-state index in [-0.39, 0.29) is 6.04 Å². The van der Waals surface area contributed by atoms with E-state index in [0.717, 1.165) is 18.3 Å². The van der Waals surface area contributed by atoms with Crippen LogP contribution in [0.25, 0.3) is 0 Å². The van der Waals surface area contributed by atoms with Crippen molar-refractivity contribution in [3.05, 3.63) is 0 Å². The van der Waals surface area contributed by atoms with E-state index in [9.17, 15) is 4.79 Å². The van der Waals surface area contributed by atoms with Gasteiger partial charge in [0.1, 0.15) is 6.04 Å². The van der Waals surface area contributed by atoms with Crippen LogP contribution in [0, 0.1) is 17.8 Å². The Hall–Kier alpha value is -0.570. The second kappa shape index (κ2) is 2.47. The molecule has 2 bridgehead atoms. The van der Waals surface area contributed by atoms with E-state index < -0.39 is 5.97 Å². The number of aliphatic carboxylic acids is 1. The zero-order valence-electron chi connectivity index (χ0n) is 7.57. The summed E-state index contributed by atoms with van der Waals surface area (Å²) in [6, 6.07) is 0.290. The highest BCUT2D eigenvalue weighted by Crippen LogP contribution is 2.52. The lowest BCUT2D eigenvalue weighted by molar-refractivity contribution is -0.139. The molecule has 1 heterocycles. The van der Waals surface area contributed by atoms with Gasteiger partial charge in [-0.05, 0) is 43.4 Å². The van der Waals surface area contributed by atoms with E-state index >= 15 is 0 Å². The fraction of sp³-hybridized carbons (Fsp3) is 0.900. The van der Waals surface area contributed by atoms with Crippen molar-refractivity contribution in [2.75, 3.05) is 0 Å². The van der Waals surface area contributed by atoms with Crippen LogP contribution < -0.4 is 5.32 Å². The number of carboxylic acids is 1.